The Morgan fingerprint density at radius 3 is 1.95 bits per heavy atom. The molecule has 0 aliphatic heterocycles. The third-order valence-corrected chi connectivity index (χ3v) is 8.88. The number of anilines is 1. The first kappa shape index (κ1) is 31.8. The van der Waals surface area contributed by atoms with Gasteiger partial charge in [-0.2, -0.15) is 0 Å². The number of sulfonamides is 1. The van der Waals surface area contributed by atoms with E-state index >= 15 is 0 Å². The van der Waals surface area contributed by atoms with Crippen LogP contribution in [0.5, 0.6) is 0 Å². The first-order valence-electron chi connectivity index (χ1n) is 14.1. The average Bonchev–Trinajstić information content (AvgIpc) is 3.01. The molecule has 0 aromatic heterocycles. The summed E-state index contributed by atoms with van der Waals surface area (Å²) in [6.07, 6.45) is 0.256. The third-order valence-electron chi connectivity index (χ3n) is 6.86. The second-order valence-corrected chi connectivity index (χ2v) is 13.0. The number of amides is 2. The summed E-state index contributed by atoms with van der Waals surface area (Å²) in [5, 5.41) is 3.32. The number of rotatable bonds is 13. The van der Waals surface area contributed by atoms with E-state index in [2.05, 4.69) is 5.32 Å². The van der Waals surface area contributed by atoms with E-state index in [0.717, 1.165) is 15.4 Å². The Morgan fingerprint density at radius 2 is 1.37 bits per heavy atom. The zero-order valence-corrected chi connectivity index (χ0v) is 25.8. The largest absolute Gasteiger partial charge is 0.354 e. The van der Waals surface area contributed by atoms with E-state index in [0.29, 0.717) is 11.6 Å². The second-order valence-electron chi connectivity index (χ2n) is 10.7. The van der Waals surface area contributed by atoms with Gasteiger partial charge in [0, 0.05) is 24.5 Å². The van der Waals surface area contributed by atoms with Crippen LogP contribution in [0.4, 0.5) is 5.69 Å². The van der Waals surface area contributed by atoms with Gasteiger partial charge in [-0.1, -0.05) is 110 Å². The number of hydrogen-bond acceptors (Lipinski definition) is 4. The SMILES string of the molecule is CC(C)CNC(=O)C(Cc1ccccc1)N(Cc1ccccc1)C(=O)CN(c1cccc(Cl)c1)S(=O)(=O)c1ccccc1. The number of carbonyl (C=O) groups is 2. The quantitative estimate of drug-likeness (QED) is 0.201. The fourth-order valence-corrected chi connectivity index (χ4v) is 6.25. The average molecular weight is 618 g/mol. The molecule has 43 heavy (non-hydrogen) atoms. The summed E-state index contributed by atoms with van der Waals surface area (Å²) < 4.78 is 29.0. The van der Waals surface area contributed by atoms with E-state index < -0.39 is 28.5 Å². The van der Waals surface area contributed by atoms with Crippen molar-refractivity contribution in [2.75, 3.05) is 17.4 Å². The van der Waals surface area contributed by atoms with Crippen molar-refractivity contribution in [3.05, 3.63) is 131 Å². The highest BCUT2D eigenvalue weighted by atomic mass is 35.5. The molecule has 1 atom stereocenters. The maximum absolute atomic E-state index is 14.4. The molecule has 0 aliphatic rings. The Hall–Kier alpha value is -4.14. The maximum atomic E-state index is 14.4. The molecule has 0 fully saturated rings. The Balaban J connectivity index is 1.78. The highest BCUT2D eigenvalue weighted by Gasteiger charge is 2.34. The lowest BCUT2D eigenvalue weighted by molar-refractivity contribution is -0.140. The van der Waals surface area contributed by atoms with Gasteiger partial charge in [0.05, 0.1) is 10.6 Å². The maximum Gasteiger partial charge on any atom is 0.264 e. The summed E-state index contributed by atoms with van der Waals surface area (Å²) in [6, 6.07) is 32.2. The monoisotopic (exact) mass is 617 g/mol. The van der Waals surface area contributed by atoms with E-state index in [1.54, 1.807) is 36.4 Å². The zero-order valence-electron chi connectivity index (χ0n) is 24.3. The smallest absolute Gasteiger partial charge is 0.264 e. The van der Waals surface area contributed by atoms with Crippen LogP contribution in [0.25, 0.3) is 0 Å². The lowest BCUT2D eigenvalue weighted by Crippen LogP contribution is -2.53. The minimum atomic E-state index is -4.17. The van der Waals surface area contributed by atoms with Crippen LogP contribution in [0.2, 0.25) is 5.02 Å². The van der Waals surface area contributed by atoms with E-state index in [-0.39, 0.29) is 35.4 Å². The molecule has 0 aliphatic carbocycles. The van der Waals surface area contributed by atoms with Crippen LogP contribution in [0.3, 0.4) is 0 Å². The molecule has 0 saturated carbocycles. The molecular formula is C34H36ClN3O4S. The predicted molar refractivity (Wildman–Crippen MR) is 171 cm³/mol. The van der Waals surface area contributed by atoms with Crippen LogP contribution in [-0.4, -0.2) is 44.3 Å². The van der Waals surface area contributed by atoms with Gasteiger partial charge in [0.1, 0.15) is 12.6 Å². The standard InChI is InChI=1S/C34H36ClN3O4S/c1-26(2)23-36-34(40)32(21-27-13-6-3-7-14-27)37(24-28-15-8-4-9-16-28)33(39)25-38(30-18-12-17-29(35)22-30)43(41,42)31-19-10-5-11-20-31/h3-20,22,26,32H,21,23-25H2,1-2H3,(H,36,40). The molecule has 4 aromatic carbocycles. The van der Waals surface area contributed by atoms with Gasteiger partial charge in [0.15, 0.2) is 0 Å². The normalized spacial score (nSPS) is 12.0. The van der Waals surface area contributed by atoms with Gasteiger partial charge in [-0.25, -0.2) is 8.42 Å². The van der Waals surface area contributed by atoms with E-state index in [1.165, 1.54) is 23.1 Å². The summed E-state index contributed by atoms with van der Waals surface area (Å²) in [5.41, 5.74) is 1.93. The predicted octanol–water partition coefficient (Wildman–Crippen LogP) is 5.95. The minimum Gasteiger partial charge on any atom is -0.354 e. The minimum absolute atomic E-state index is 0.0351. The lowest BCUT2D eigenvalue weighted by atomic mass is 10.0. The highest BCUT2D eigenvalue weighted by Crippen LogP contribution is 2.27. The van der Waals surface area contributed by atoms with Crippen LogP contribution in [0.1, 0.15) is 25.0 Å². The molecule has 2 amide bonds. The van der Waals surface area contributed by atoms with Crippen LogP contribution < -0.4 is 9.62 Å². The van der Waals surface area contributed by atoms with Gasteiger partial charge in [0.2, 0.25) is 11.8 Å². The fraction of sp³-hybridized carbons (Fsp3) is 0.235. The molecule has 224 valence electrons. The summed E-state index contributed by atoms with van der Waals surface area (Å²) in [6.45, 7) is 4.01. The van der Waals surface area contributed by atoms with Gasteiger partial charge in [-0.15, -0.1) is 0 Å². The van der Waals surface area contributed by atoms with E-state index in [9.17, 15) is 18.0 Å². The summed E-state index contributed by atoms with van der Waals surface area (Å²) in [5.74, 6) is -0.625. The van der Waals surface area contributed by atoms with E-state index in [1.807, 2.05) is 74.5 Å². The first-order valence-corrected chi connectivity index (χ1v) is 16.0. The molecule has 0 saturated heterocycles. The number of benzene rings is 4. The number of hydrogen-bond donors (Lipinski definition) is 1. The van der Waals surface area contributed by atoms with Crippen molar-refractivity contribution in [3.8, 4) is 0 Å². The molecular weight excluding hydrogens is 582 g/mol. The molecule has 0 bridgehead atoms. The van der Waals surface area contributed by atoms with Crippen molar-refractivity contribution in [2.24, 2.45) is 5.92 Å². The zero-order chi connectivity index (χ0) is 30.8. The van der Waals surface area contributed by atoms with Gasteiger partial charge < -0.3 is 10.2 Å². The number of nitrogens with zero attached hydrogens (tertiary/aromatic N) is 2. The fourth-order valence-electron chi connectivity index (χ4n) is 4.64. The second kappa shape index (κ2) is 14.8. The van der Waals surface area contributed by atoms with Crippen molar-refractivity contribution in [2.45, 2.75) is 37.8 Å². The van der Waals surface area contributed by atoms with Crippen molar-refractivity contribution < 1.29 is 18.0 Å². The third kappa shape index (κ3) is 8.69. The summed E-state index contributed by atoms with van der Waals surface area (Å²) in [7, 11) is -4.17. The van der Waals surface area contributed by atoms with Crippen molar-refractivity contribution in [1.82, 2.24) is 10.2 Å². The van der Waals surface area contributed by atoms with Crippen molar-refractivity contribution in [3.63, 3.8) is 0 Å². The van der Waals surface area contributed by atoms with Gasteiger partial charge in [-0.05, 0) is 47.4 Å². The van der Waals surface area contributed by atoms with Gasteiger partial charge in [0.25, 0.3) is 10.0 Å². The molecule has 9 heteroatoms. The molecule has 0 spiro atoms. The highest BCUT2D eigenvalue weighted by molar-refractivity contribution is 7.92. The Bertz CT molecular complexity index is 1600. The van der Waals surface area contributed by atoms with Gasteiger partial charge >= 0.3 is 0 Å². The Labute approximate surface area is 259 Å². The topological polar surface area (TPSA) is 86.8 Å². The van der Waals surface area contributed by atoms with Crippen LogP contribution in [-0.2, 0) is 32.6 Å². The molecule has 0 heterocycles. The summed E-state index contributed by atoms with van der Waals surface area (Å²) >= 11 is 6.26. The van der Waals surface area contributed by atoms with Crippen LogP contribution >= 0.6 is 11.6 Å². The van der Waals surface area contributed by atoms with Gasteiger partial charge in [-0.3, -0.25) is 13.9 Å². The Kier molecular flexibility index (Phi) is 11.0. The molecule has 1 unspecified atom stereocenters. The number of carbonyl (C=O) groups excluding carboxylic acids is 2. The van der Waals surface area contributed by atoms with Crippen molar-refractivity contribution >= 4 is 39.1 Å². The Morgan fingerprint density at radius 1 is 0.791 bits per heavy atom. The summed E-state index contributed by atoms with van der Waals surface area (Å²) in [4.78, 5) is 29.6. The first-order chi connectivity index (χ1) is 20.6. The molecule has 4 rings (SSSR count). The number of halogens is 1. The van der Waals surface area contributed by atoms with Crippen LogP contribution in [0.15, 0.2) is 120 Å². The molecule has 1 N–H and O–H groups in total. The lowest BCUT2D eigenvalue weighted by Gasteiger charge is -2.34. The molecule has 4 aromatic rings. The number of nitrogens with one attached hydrogen (secondary N) is 1. The molecule has 0 radical (unpaired) electrons. The molecule has 7 nitrogen and oxygen atoms in total. The van der Waals surface area contributed by atoms with Crippen molar-refractivity contribution in [1.29, 1.82) is 0 Å². The van der Waals surface area contributed by atoms with Crippen LogP contribution in [0, 0.1) is 5.92 Å². The van der Waals surface area contributed by atoms with E-state index in [4.69, 9.17) is 11.6 Å².